The first kappa shape index (κ1) is 27.6. The standard InChI is InChI=1S/C12H28N2O7S2.K/c1-22(17,18)14(8-2-3-11-23(19,20)21)12(4-7-13,5-9-15)6-10-16;/h15-16H,2-11,13H2,1H3,(H,19,20,21);/q;+1/p-1. The number of nitrogens with two attached hydrogens (primary N) is 1. The van der Waals surface area contributed by atoms with E-state index in [2.05, 4.69) is 0 Å². The summed E-state index contributed by atoms with van der Waals surface area (Å²) < 4.78 is 57.3. The first-order valence-electron chi connectivity index (χ1n) is 7.35. The molecule has 0 aromatic rings. The van der Waals surface area contributed by atoms with Crippen molar-refractivity contribution in [2.24, 2.45) is 5.73 Å². The normalized spacial score (nSPS) is 13.1. The molecule has 0 heterocycles. The Morgan fingerprint density at radius 1 is 1.04 bits per heavy atom. The van der Waals surface area contributed by atoms with Gasteiger partial charge in [0, 0.05) is 31.1 Å². The minimum atomic E-state index is -4.34. The van der Waals surface area contributed by atoms with Crippen molar-refractivity contribution >= 4 is 20.1 Å². The number of unbranched alkanes of at least 4 members (excludes halogenated alkanes) is 1. The summed E-state index contributed by atoms with van der Waals surface area (Å²) in [5, 5.41) is 18.6. The molecule has 0 aliphatic carbocycles. The summed E-state index contributed by atoms with van der Waals surface area (Å²) in [5.41, 5.74) is 4.54. The molecule has 0 atom stereocenters. The van der Waals surface area contributed by atoms with E-state index in [4.69, 9.17) is 5.73 Å². The Kier molecular flexibility index (Phi) is 14.6. The van der Waals surface area contributed by atoms with E-state index in [9.17, 15) is 31.6 Å². The summed E-state index contributed by atoms with van der Waals surface area (Å²) in [4.78, 5) is 0. The zero-order chi connectivity index (χ0) is 18.1. The van der Waals surface area contributed by atoms with Crippen LogP contribution < -0.4 is 57.1 Å². The molecule has 4 N–H and O–H groups in total. The van der Waals surface area contributed by atoms with E-state index in [1.165, 1.54) is 0 Å². The largest absolute Gasteiger partial charge is 1.00 e. The minimum Gasteiger partial charge on any atom is -0.748 e. The molecule has 0 saturated carbocycles. The molecule has 12 heteroatoms. The molecule has 0 amide bonds. The summed E-state index contributed by atoms with van der Waals surface area (Å²) in [6.45, 7) is -0.392. The molecule has 0 aromatic heterocycles. The number of rotatable bonds is 13. The van der Waals surface area contributed by atoms with Crippen LogP contribution in [-0.2, 0) is 20.1 Å². The Morgan fingerprint density at radius 3 is 1.88 bits per heavy atom. The molecule has 24 heavy (non-hydrogen) atoms. The van der Waals surface area contributed by atoms with Gasteiger partial charge in [-0.15, -0.1) is 0 Å². The van der Waals surface area contributed by atoms with E-state index in [0.29, 0.717) is 0 Å². The fraction of sp³-hybridized carbons (Fsp3) is 1.00. The Balaban J connectivity index is 0. The van der Waals surface area contributed by atoms with E-state index in [0.717, 1.165) is 10.6 Å². The van der Waals surface area contributed by atoms with Crippen molar-refractivity contribution in [1.82, 2.24) is 4.31 Å². The molecule has 9 nitrogen and oxygen atoms in total. The third kappa shape index (κ3) is 10.5. The summed E-state index contributed by atoms with van der Waals surface area (Å²) in [6, 6.07) is 0. The van der Waals surface area contributed by atoms with Gasteiger partial charge >= 0.3 is 51.4 Å². The fourth-order valence-electron chi connectivity index (χ4n) is 2.72. The van der Waals surface area contributed by atoms with Crippen molar-refractivity contribution in [3.63, 3.8) is 0 Å². The molecule has 0 saturated heterocycles. The smallest absolute Gasteiger partial charge is 0.748 e. The maximum absolute atomic E-state index is 12.1. The molecule has 0 unspecified atom stereocenters. The van der Waals surface area contributed by atoms with E-state index in [-0.39, 0.29) is 110 Å². The average Bonchev–Trinajstić information content (AvgIpc) is 2.36. The molecule has 0 aliphatic heterocycles. The number of nitrogens with zero attached hydrogens (tertiary/aromatic N) is 1. The van der Waals surface area contributed by atoms with Gasteiger partial charge in [0.25, 0.3) is 0 Å². The first-order chi connectivity index (χ1) is 10.5. The molecule has 0 spiro atoms. The number of hydrogen-bond donors (Lipinski definition) is 3. The number of sulfonamides is 1. The second-order valence-corrected chi connectivity index (χ2v) is 8.94. The maximum atomic E-state index is 12.1. The molecular formula is C12H27KN2O7S2. The fourth-order valence-corrected chi connectivity index (χ4v) is 4.72. The molecular weight excluding hydrogens is 387 g/mol. The Hall–Kier alpha value is 1.34. The van der Waals surface area contributed by atoms with Crippen molar-refractivity contribution in [2.45, 2.75) is 37.6 Å². The molecule has 0 aromatic carbocycles. The van der Waals surface area contributed by atoms with Gasteiger partial charge in [-0.25, -0.2) is 16.8 Å². The third-order valence-electron chi connectivity index (χ3n) is 3.70. The molecule has 0 aliphatic rings. The quantitative estimate of drug-likeness (QED) is 0.154. The second-order valence-electron chi connectivity index (χ2n) is 5.51. The zero-order valence-electron chi connectivity index (χ0n) is 14.3. The van der Waals surface area contributed by atoms with Crippen LogP contribution in [0.25, 0.3) is 0 Å². The number of hydrogen-bond acceptors (Lipinski definition) is 8. The van der Waals surface area contributed by atoms with Gasteiger partial charge in [0.15, 0.2) is 0 Å². The van der Waals surface area contributed by atoms with Crippen LogP contribution in [0.5, 0.6) is 0 Å². The second kappa shape index (κ2) is 12.7. The Morgan fingerprint density at radius 2 is 1.54 bits per heavy atom. The van der Waals surface area contributed by atoms with Crippen molar-refractivity contribution < 1.29 is 83.0 Å². The van der Waals surface area contributed by atoms with Crippen molar-refractivity contribution in [1.29, 1.82) is 0 Å². The van der Waals surface area contributed by atoms with Crippen LogP contribution in [0.3, 0.4) is 0 Å². The molecule has 0 rings (SSSR count). The predicted molar refractivity (Wildman–Crippen MR) is 85.2 cm³/mol. The summed E-state index contributed by atoms with van der Waals surface area (Å²) in [7, 11) is -8.02. The van der Waals surface area contributed by atoms with Crippen LogP contribution in [0.1, 0.15) is 32.1 Å². The molecule has 0 fully saturated rings. The Bertz CT molecular complexity index is 523. The van der Waals surface area contributed by atoms with Gasteiger partial charge in [-0.05, 0) is 38.6 Å². The van der Waals surface area contributed by atoms with E-state index < -0.39 is 31.4 Å². The number of aliphatic hydroxyl groups is 2. The van der Waals surface area contributed by atoms with Crippen LogP contribution in [0, 0.1) is 0 Å². The van der Waals surface area contributed by atoms with E-state index in [1.807, 2.05) is 0 Å². The van der Waals surface area contributed by atoms with Gasteiger partial charge in [0.05, 0.1) is 16.4 Å². The van der Waals surface area contributed by atoms with Crippen LogP contribution in [0.2, 0.25) is 0 Å². The SMILES string of the molecule is CS(=O)(=O)N(CCCCS(=O)(=O)[O-])C(CCN)(CCO)CCO.[K+]. The molecule has 0 bridgehead atoms. The zero-order valence-corrected chi connectivity index (χ0v) is 19.1. The van der Waals surface area contributed by atoms with Gasteiger partial charge < -0.3 is 20.5 Å². The van der Waals surface area contributed by atoms with Crippen LogP contribution in [0.4, 0.5) is 0 Å². The van der Waals surface area contributed by atoms with Gasteiger partial charge in [0.2, 0.25) is 10.0 Å². The summed E-state index contributed by atoms with van der Waals surface area (Å²) >= 11 is 0. The summed E-state index contributed by atoms with van der Waals surface area (Å²) in [6.07, 6.45) is 1.69. The van der Waals surface area contributed by atoms with Crippen molar-refractivity contribution in [3.05, 3.63) is 0 Å². The average molecular weight is 415 g/mol. The number of aliphatic hydroxyl groups excluding tert-OH is 2. The van der Waals surface area contributed by atoms with Gasteiger partial charge in [0.1, 0.15) is 0 Å². The van der Waals surface area contributed by atoms with Crippen molar-refractivity contribution in [3.8, 4) is 0 Å². The van der Waals surface area contributed by atoms with Gasteiger partial charge in [-0.3, -0.25) is 0 Å². The first-order valence-corrected chi connectivity index (χ1v) is 10.8. The van der Waals surface area contributed by atoms with Crippen molar-refractivity contribution in [2.75, 3.05) is 38.3 Å². The topological polar surface area (TPSA) is 161 Å². The van der Waals surface area contributed by atoms with Crippen LogP contribution in [0.15, 0.2) is 0 Å². The Labute approximate surface area is 187 Å². The third-order valence-corrected chi connectivity index (χ3v) is 5.86. The predicted octanol–water partition coefficient (Wildman–Crippen LogP) is -4.57. The van der Waals surface area contributed by atoms with Crippen LogP contribution >= 0.6 is 0 Å². The maximum Gasteiger partial charge on any atom is 1.00 e. The van der Waals surface area contributed by atoms with Crippen LogP contribution in [-0.4, -0.2) is 79.8 Å². The van der Waals surface area contributed by atoms with Gasteiger partial charge in [-0.1, -0.05) is 0 Å². The summed E-state index contributed by atoms with van der Waals surface area (Å²) in [5.74, 6) is -0.561. The minimum absolute atomic E-state index is 0. The van der Waals surface area contributed by atoms with Gasteiger partial charge in [-0.2, -0.15) is 4.31 Å². The molecule has 140 valence electrons. The molecule has 0 radical (unpaired) electrons. The van der Waals surface area contributed by atoms with E-state index >= 15 is 0 Å². The van der Waals surface area contributed by atoms with E-state index in [1.54, 1.807) is 0 Å². The monoisotopic (exact) mass is 414 g/mol.